The molecule has 1 atom stereocenters. The van der Waals surface area contributed by atoms with Crippen molar-refractivity contribution in [3.8, 4) is 5.75 Å². The molecule has 0 bridgehead atoms. The third-order valence-electron chi connectivity index (χ3n) is 4.88. The Morgan fingerprint density at radius 2 is 1.76 bits per heavy atom. The van der Waals surface area contributed by atoms with E-state index in [0.29, 0.717) is 0 Å². The van der Waals surface area contributed by atoms with Gasteiger partial charge >= 0.3 is 0 Å². The highest BCUT2D eigenvalue weighted by Crippen LogP contribution is 2.31. The van der Waals surface area contributed by atoms with E-state index in [1.54, 1.807) is 7.11 Å². The molecule has 1 aliphatic rings. The van der Waals surface area contributed by atoms with E-state index in [1.807, 2.05) is 24.4 Å². The summed E-state index contributed by atoms with van der Waals surface area (Å²) in [5.41, 5.74) is 3.56. The number of para-hydroxylation sites is 1. The molecule has 0 saturated carbocycles. The van der Waals surface area contributed by atoms with Crippen LogP contribution in [-0.4, -0.2) is 43.2 Å². The minimum absolute atomic E-state index is 0.213. The maximum atomic E-state index is 5.32. The van der Waals surface area contributed by atoms with Crippen LogP contribution in [0, 0.1) is 0 Å². The van der Waals surface area contributed by atoms with Gasteiger partial charge in [-0.3, -0.25) is 9.88 Å². The average molecular weight is 333 g/mol. The first-order chi connectivity index (χ1) is 12.3. The number of nitrogens with one attached hydrogen (secondary N) is 1. The summed E-state index contributed by atoms with van der Waals surface area (Å²) in [4.78, 5) is 7.22. The van der Waals surface area contributed by atoms with Gasteiger partial charge in [0.25, 0.3) is 0 Å². The summed E-state index contributed by atoms with van der Waals surface area (Å²) in [6.07, 6.45) is 2.03. The van der Waals surface area contributed by atoms with Gasteiger partial charge in [0.2, 0.25) is 0 Å². The van der Waals surface area contributed by atoms with Gasteiger partial charge in [0.05, 0.1) is 18.7 Å². The molecule has 2 heterocycles. The van der Waals surface area contributed by atoms with E-state index >= 15 is 0 Å². The van der Waals surface area contributed by atoms with Crippen molar-refractivity contribution in [1.82, 2.24) is 15.2 Å². The summed E-state index contributed by atoms with van der Waals surface area (Å²) in [6.45, 7) is 4.11. The Morgan fingerprint density at radius 1 is 1.00 bits per heavy atom. The first kappa shape index (κ1) is 16.1. The lowest BCUT2D eigenvalue weighted by molar-refractivity contribution is 0.198. The Hall–Kier alpha value is -2.43. The maximum Gasteiger partial charge on any atom is 0.118 e. The Labute approximate surface area is 148 Å². The molecular formula is C21H23N3O. The number of pyridine rings is 1. The molecule has 0 radical (unpaired) electrons. The number of hydrogen-bond donors (Lipinski definition) is 1. The summed E-state index contributed by atoms with van der Waals surface area (Å²) >= 11 is 0. The molecule has 0 spiro atoms. The van der Waals surface area contributed by atoms with Crippen LogP contribution in [0.2, 0.25) is 0 Å². The van der Waals surface area contributed by atoms with E-state index in [1.165, 1.54) is 16.5 Å². The van der Waals surface area contributed by atoms with Crippen LogP contribution in [0.15, 0.2) is 60.8 Å². The van der Waals surface area contributed by atoms with Crippen LogP contribution < -0.4 is 10.1 Å². The highest BCUT2D eigenvalue weighted by Gasteiger charge is 2.24. The number of hydrogen-bond acceptors (Lipinski definition) is 4. The molecule has 4 heteroatoms. The molecule has 1 aromatic heterocycles. The van der Waals surface area contributed by atoms with Crippen LogP contribution in [0.25, 0.3) is 10.9 Å². The zero-order valence-corrected chi connectivity index (χ0v) is 14.5. The van der Waals surface area contributed by atoms with Gasteiger partial charge in [0.15, 0.2) is 0 Å². The fourth-order valence-corrected chi connectivity index (χ4v) is 3.58. The van der Waals surface area contributed by atoms with Crippen molar-refractivity contribution in [2.75, 3.05) is 33.3 Å². The number of methoxy groups -OCH3 is 1. The van der Waals surface area contributed by atoms with Gasteiger partial charge in [0.1, 0.15) is 5.75 Å². The van der Waals surface area contributed by atoms with Crippen molar-refractivity contribution in [2.24, 2.45) is 0 Å². The second-order valence-electron chi connectivity index (χ2n) is 6.42. The molecule has 128 valence electrons. The second kappa shape index (κ2) is 7.21. The zero-order chi connectivity index (χ0) is 17.1. The summed E-state index contributed by atoms with van der Waals surface area (Å²) in [7, 11) is 1.70. The van der Waals surface area contributed by atoms with Crippen molar-refractivity contribution >= 4 is 10.9 Å². The van der Waals surface area contributed by atoms with Crippen LogP contribution in [0.4, 0.5) is 0 Å². The number of rotatable bonds is 4. The van der Waals surface area contributed by atoms with E-state index in [2.05, 4.69) is 51.6 Å². The molecule has 1 fully saturated rings. The Kier molecular flexibility index (Phi) is 4.63. The largest absolute Gasteiger partial charge is 0.497 e. The minimum Gasteiger partial charge on any atom is -0.497 e. The molecule has 2 aromatic carbocycles. The Balaban J connectivity index is 1.77. The monoisotopic (exact) mass is 333 g/mol. The number of fused-ring (bicyclic) bond motifs is 1. The normalized spacial score (nSPS) is 16.7. The van der Waals surface area contributed by atoms with Crippen molar-refractivity contribution in [2.45, 2.75) is 6.04 Å². The predicted octanol–water partition coefficient (Wildman–Crippen LogP) is 3.24. The maximum absolute atomic E-state index is 5.32. The van der Waals surface area contributed by atoms with Gasteiger partial charge < -0.3 is 10.1 Å². The molecule has 25 heavy (non-hydrogen) atoms. The number of nitrogens with zero attached hydrogens (tertiary/aromatic N) is 2. The summed E-state index contributed by atoms with van der Waals surface area (Å²) in [6, 6.07) is 19.2. The van der Waals surface area contributed by atoms with Crippen molar-refractivity contribution in [1.29, 1.82) is 0 Å². The van der Waals surface area contributed by atoms with Gasteiger partial charge in [-0.15, -0.1) is 0 Å². The molecule has 4 nitrogen and oxygen atoms in total. The topological polar surface area (TPSA) is 37.4 Å². The summed E-state index contributed by atoms with van der Waals surface area (Å²) in [5, 5.41) is 4.63. The second-order valence-corrected chi connectivity index (χ2v) is 6.42. The lowest BCUT2D eigenvalue weighted by Crippen LogP contribution is -2.45. The predicted molar refractivity (Wildman–Crippen MR) is 101 cm³/mol. The van der Waals surface area contributed by atoms with E-state index in [9.17, 15) is 0 Å². The van der Waals surface area contributed by atoms with Crippen LogP contribution in [0.3, 0.4) is 0 Å². The van der Waals surface area contributed by atoms with E-state index in [4.69, 9.17) is 4.74 Å². The zero-order valence-electron chi connectivity index (χ0n) is 14.5. The van der Waals surface area contributed by atoms with Gasteiger partial charge in [0, 0.05) is 37.8 Å². The SMILES string of the molecule is COc1ccc(C(c2cnc3ccccc3c2)N2CCNCC2)cc1. The highest BCUT2D eigenvalue weighted by atomic mass is 16.5. The van der Waals surface area contributed by atoms with E-state index in [-0.39, 0.29) is 6.04 Å². The Bertz CT molecular complexity index is 841. The molecule has 1 N–H and O–H groups in total. The number of piperazine rings is 1. The molecule has 1 saturated heterocycles. The van der Waals surface area contributed by atoms with Crippen LogP contribution in [0.1, 0.15) is 17.2 Å². The fourth-order valence-electron chi connectivity index (χ4n) is 3.58. The minimum atomic E-state index is 0.213. The summed E-state index contributed by atoms with van der Waals surface area (Å²) in [5.74, 6) is 0.888. The molecule has 1 aliphatic heterocycles. The van der Waals surface area contributed by atoms with Crippen molar-refractivity contribution in [3.05, 3.63) is 71.9 Å². The van der Waals surface area contributed by atoms with Crippen molar-refractivity contribution < 1.29 is 4.74 Å². The molecule has 0 aliphatic carbocycles. The number of ether oxygens (including phenoxy) is 1. The average Bonchev–Trinajstić information content (AvgIpc) is 2.69. The third kappa shape index (κ3) is 3.36. The van der Waals surface area contributed by atoms with Gasteiger partial charge in [-0.25, -0.2) is 0 Å². The molecule has 3 aromatic rings. The fraction of sp³-hybridized carbons (Fsp3) is 0.286. The first-order valence-electron chi connectivity index (χ1n) is 8.78. The van der Waals surface area contributed by atoms with Gasteiger partial charge in [-0.05, 0) is 35.4 Å². The van der Waals surface area contributed by atoms with Crippen LogP contribution >= 0.6 is 0 Å². The van der Waals surface area contributed by atoms with E-state index in [0.717, 1.165) is 37.4 Å². The Morgan fingerprint density at radius 3 is 2.52 bits per heavy atom. The first-order valence-corrected chi connectivity index (χ1v) is 8.78. The molecular weight excluding hydrogens is 310 g/mol. The smallest absolute Gasteiger partial charge is 0.118 e. The van der Waals surface area contributed by atoms with E-state index < -0.39 is 0 Å². The number of benzene rings is 2. The van der Waals surface area contributed by atoms with Gasteiger partial charge in [-0.1, -0.05) is 30.3 Å². The quantitative estimate of drug-likeness (QED) is 0.795. The van der Waals surface area contributed by atoms with Crippen molar-refractivity contribution in [3.63, 3.8) is 0 Å². The van der Waals surface area contributed by atoms with Gasteiger partial charge in [-0.2, -0.15) is 0 Å². The molecule has 0 amide bonds. The summed E-state index contributed by atoms with van der Waals surface area (Å²) < 4.78 is 5.32. The number of aromatic nitrogens is 1. The van der Waals surface area contributed by atoms with Crippen LogP contribution in [-0.2, 0) is 0 Å². The highest BCUT2D eigenvalue weighted by molar-refractivity contribution is 5.79. The molecule has 4 rings (SSSR count). The third-order valence-corrected chi connectivity index (χ3v) is 4.88. The van der Waals surface area contributed by atoms with Crippen LogP contribution in [0.5, 0.6) is 5.75 Å². The lowest BCUT2D eigenvalue weighted by Gasteiger charge is -2.35. The standard InChI is InChI=1S/C21H23N3O/c1-25-19-8-6-16(7-9-19)21(24-12-10-22-11-13-24)18-14-17-4-2-3-5-20(17)23-15-18/h2-9,14-15,21-22H,10-13H2,1H3. The lowest BCUT2D eigenvalue weighted by atomic mass is 9.96. The molecule has 1 unspecified atom stereocenters.